The zero-order valence-electron chi connectivity index (χ0n) is 82.3. The second-order valence-corrected chi connectivity index (χ2v) is 44.6. The first-order chi connectivity index (χ1) is 63.8. The Hall–Kier alpha value is -11.7. The highest BCUT2D eigenvalue weighted by Crippen LogP contribution is 2.50. The predicted molar refractivity (Wildman–Crippen MR) is 546 cm³/mol. The van der Waals surface area contributed by atoms with Crippen LogP contribution in [0.1, 0.15) is 329 Å². The summed E-state index contributed by atoms with van der Waals surface area (Å²) in [6, 6.07) is 33.8. The highest BCUT2D eigenvalue weighted by atomic mass is 35.5. The van der Waals surface area contributed by atoms with E-state index in [0.717, 1.165) is 146 Å². The summed E-state index contributed by atoms with van der Waals surface area (Å²) in [6.07, 6.45) is 7.22. The van der Waals surface area contributed by atoms with E-state index in [-0.39, 0.29) is 93.2 Å². The second kappa shape index (κ2) is 39.4. The van der Waals surface area contributed by atoms with Crippen LogP contribution in [-0.4, -0.2) is 138 Å². The summed E-state index contributed by atoms with van der Waals surface area (Å²) < 4.78 is 16.4. The molecular formula is C104H117Cl3N20O6S3. The van der Waals surface area contributed by atoms with Crippen molar-refractivity contribution in [3.63, 3.8) is 0 Å². The largest absolute Gasteiger partial charge is 0.488 e. The van der Waals surface area contributed by atoms with E-state index in [4.69, 9.17) is 54.5 Å². The number of thiophene rings is 3. The summed E-state index contributed by atoms with van der Waals surface area (Å²) in [6.45, 7) is 54.5. The van der Waals surface area contributed by atoms with E-state index < -0.39 is 6.04 Å². The van der Waals surface area contributed by atoms with E-state index in [2.05, 4.69) is 190 Å². The topological polar surface area (TPSA) is 310 Å². The third-order valence-electron chi connectivity index (χ3n) is 23.4. The maximum absolute atomic E-state index is 12.1. The molecule has 0 unspecified atom stereocenters. The maximum Gasteiger partial charge on any atom is 0.163 e. The molecule has 0 N–H and O–H groups in total. The van der Waals surface area contributed by atoms with Gasteiger partial charge in [-0.1, -0.05) is 166 Å². The average Bonchev–Trinajstić information content (AvgIpc) is 1.58. The molecule has 0 amide bonds. The number of benzene rings is 5. The number of rotatable bonds is 14. The van der Waals surface area contributed by atoms with Crippen molar-refractivity contribution < 1.29 is 28.7 Å². The summed E-state index contributed by atoms with van der Waals surface area (Å²) in [4.78, 5) is 87.1. The number of hydrogen-bond donors (Lipinski definition) is 0. The molecule has 8 aromatic heterocycles. The van der Waals surface area contributed by atoms with Gasteiger partial charge in [0, 0.05) is 125 Å². The van der Waals surface area contributed by atoms with Gasteiger partial charge in [0.1, 0.15) is 115 Å². The van der Waals surface area contributed by atoms with Gasteiger partial charge in [0.15, 0.2) is 29.1 Å². The molecule has 0 fully saturated rings. The van der Waals surface area contributed by atoms with Gasteiger partial charge in [-0.15, -0.1) is 85.0 Å². The lowest BCUT2D eigenvalue weighted by Gasteiger charge is -2.22. The van der Waals surface area contributed by atoms with Crippen molar-refractivity contribution in [3.05, 3.63) is 253 Å². The standard InChI is InChI=1S/C24H25ClN4O2.C23H25ClN4OS.C22H23ClN4OS.C18H22N4O.C17H22N4OS/c1-14(30)12-20-23-28-27-15(2)29(23)21-11-10-18(31-24(3,4)5)13-19(21)22(26-20)16-6-8-17(25)9-7-16;1-12(29)11-17-21-27-26-14(3)28(21)22-18(13(2)20(30-22)23(4,5)6)19(25-17)15-7-9-16(24)10-8-15;1-12(28)10-17-20-26-25-13(2)27(20)21-16(11-24-17)18(19(29-21)22(3,4)5)14-6-8-15(23)9-7-14;1-11(23)8-15-17-21-20-12(2)22(17)16-9-14(18(3,4)5)7-6-13(16)10-19-15;1-9(22)7-13-15-20-19-11(3)21(15)16-12(8-18-13)10(2)14(23-16)17(4,5)6/h6-11,13,20H,12H2,1-5H3;7-10,17H,11H2,1-6H3;6-9,11,17H,10H2,1-5H3;6-7,9-10,15H,8H2,1-5H3;8,13H,7H2,1-6H3/t20-;2*17-;15-;13-/m00000/s1. The molecule has 26 nitrogen and oxygen atoms in total. The molecule has 0 saturated carbocycles. The highest BCUT2D eigenvalue weighted by Gasteiger charge is 2.39. The van der Waals surface area contributed by atoms with E-state index in [9.17, 15) is 24.0 Å². The molecule has 0 spiro atoms. The van der Waals surface area contributed by atoms with Gasteiger partial charge >= 0.3 is 0 Å². The fourth-order valence-corrected chi connectivity index (χ4v) is 21.9. The predicted octanol–water partition coefficient (Wildman–Crippen LogP) is 23.8. The normalized spacial score (nSPS) is 16.1. The third kappa shape index (κ3) is 21.5. The number of aliphatic imine (C=N–C) groups is 5. The van der Waals surface area contributed by atoms with E-state index in [1.165, 1.54) is 31.3 Å². The molecule has 5 aliphatic heterocycles. The lowest BCUT2D eigenvalue weighted by molar-refractivity contribution is -0.118. The van der Waals surface area contributed by atoms with E-state index in [1.54, 1.807) is 68.6 Å². The zero-order chi connectivity index (χ0) is 98.8. The molecule has 0 radical (unpaired) electrons. The Morgan fingerprint density at radius 2 is 0.699 bits per heavy atom. The molecule has 13 heterocycles. The van der Waals surface area contributed by atoms with Gasteiger partial charge in [-0.3, -0.25) is 71.8 Å². The van der Waals surface area contributed by atoms with Gasteiger partial charge in [0.2, 0.25) is 0 Å². The minimum Gasteiger partial charge on any atom is -0.488 e. The van der Waals surface area contributed by atoms with Gasteiger partial charge in [-0.2, -0.15) is 0 Å². The second-order valence-electron chi connectivity index (χ2n) is 40.3. The number of fused-ring (bicyclic) bond motifs is 15. The molecule has 708 valence electrons. The Balaban J connectivity index is 0.000000137. The number of ketones is 5. The SMILES string of the molecule is CC(=O)C[C@@H]1N=C(c2ccc(Cl)cc2)c2c(sc(C(C)(C)C)c2C)-n2c(C)nnc21.CC(=O)C[C@@H]1N=C(c2ccc(Cl)cc2)c2cc(OC(C)(C)C)ccc2-n2c(C)nnc21.CC(=O)C[C@@H]1N=Cc2c(sc(C(C)(C)C)c2-c2ccc(Cl)cc2)-n2c(C)nnc21.CC(=O)C[C@@H]1N=Cc2c(sc(C(C)(C)C)c2C)-n2c(C)nnc21.CC(=O)C[C@@H]1N=Cc2ccc(C(C)(C)C)cc2-n2c(C)nnc21. The fourth-order valence-electron chi connectivity index (χ4n) is 17.3. The summed E-state index contributed by atoms with van der Waals surface area (Å²) in [5.41, 5.74) is 16.3. The first-order valence-electron chi connectivity index (χ1n) is 45.4. The molecule has 13 aromatic rings. The minimum absolute atomic E-state index is 0.00703. The Morgan fingerprint density at radius 3 is 1.14 bits per heavy atom. The van der Waals surface area contributed by atoms with Gasteiger partial charge in [-0.25, -0.2) is 0 Å². The molecule has 0 aliphatic carbocycles. The summed E-state index contributed by atoms with van der Waals surface area (Å²) in [5, 5.41) is 48.4. The zero-order valence-corrected chi connectivity index (χ0v) is 87.0. The monoisotopic (exact) mass is 1940 g/mol. The van der Waals surface area contributed by atoms with Crippen molar-refractivity contribution in [2.75, 3.05) is 0 Å². The van der Waals surface area contributed by atoms with E-state index in [1.807, 2.05) is 174 Å². The lowest BCUT2D eigenvalue weighted by atomic mass is 9.86. The van der Waals surface area contributed by atoms with Crippen LogP contribution in [0, 0.1) is 48.5 Å². The van der Waals surface area contributed by atoms with E-state index in [0.29, 0.717) is 40.2 Å². The Kier molecular flexibility index (Phi) is 29.0. The van der Waals surface area contributed by atoms with Crippen LogP contribution in [0.15, 0.2) is 134 Å². The summed E-state index contributed by atoms with van der Waals surface area (Å²) in [7, 11) is 0. The first-order valence-corrected chi connectivity index (χ1v) is 49.0. The molecule has 32 heteroatoms. The molecular weight excluding hydrogens is 1830 g/mol. The van der Waals surface area contributed by atoms with Gasteiger partial charge in [0.25, 0.3) is 0 Å². The quantitative estimate of drug-likeness (QED) is 0.0976. The molecule has 136 heavy (non-hydrogen) atoms. The van der Waals surface area contributed by atoms with Crippen molar-refractivity contribution in [2.24, 2.45) is 25.0 Å². The van der Waals surface area contributed by atoms with Gasteiger partial charge < -0.3 is 4.74 Å². The van der Waals surface area contributed by atoms with Crippen LogP contribution in [0.4, 0.5) is 0 Å². The Labute approximate surface area is 821 Å². The van der Waals surface area contributed by atoms with E-state index >= 15 is 0 Å². The molecule has 5 aromatic carbocycles. The molecule has 0 bridgehead atoms. The van der Waals surface area contributed by atoms with Crippen molar-refractivity contribution >= 4 is 128 Å². The number of nitrogens with zero attached hydrogens (tertiary/aromatic N) is 20. The number of aromatic nitrogens is 15. The van der Waals surface area contributed by atoms with Crippen molar-refractivity contribution in [3.8, 4) is 43.3 Å². The average molecular weight is 1950 g/mol. The molecule has 0 saturated heterocycles. The van der Waals surface area contributed by atoms with Crippen LogP contribution < -0.4 is 4.74 Å². The Bertz CT molecular complexity index is 6970. The summed E-state index contributed by atoms with van der Waals surface area (Å²) in [5.74, 6) is 8.71. The number of carbonyl (C=O) groups excluding carboxylic acids is 5. The van der Waals surface area contributed by atoms with Crippen LogP contribution in [0.25, 0.3) is 37.5 Å². The lowest BCUT2D eigenvalue weighted by Crippen LogP contribution is -2.23. The van der Waals surface area contributed by atoms with Gasteiger partial charge in [-0.05, 0) is 208 Å². The van der Waals surface area contributed by atoms with Crippen LogP contribution >= 0.6 is 68.8 Å². The van der Waals surface area contributed by atoms with Crippen molar-refractivity contribution in [2.45, 2.75) is 277 Å². The number of hydrogen-bond acceptors (Lipinski definition) is 24. The van der Waals surface area contributed by atoms with Gasteiger partial charge in [0.05, 0.1) is 22.8 Å². The van der Waals surface area contributed by atoms with Crippen molar-refractivity contribution in [1.82, 2.24) is 73.8 Å². The fraction of sp³-hybridized carbons (Fsp3) is 0.404. The van der Waals surface area contributed by atoms with Crippen LogP contribution in [0.5, 0.6) is 5.75 Å². The number of halogens is 3. The van der Waals surface area contributed by atoms with Crippen molar-refractivity contribution in [1.29, 1.82) is 0 Å². The van der Waals surface area contributed by atoms with Crippen LogP contribution in [0.3, 0.4) is 0 Å². The number of Topliss-reactive ketones (excluding diaryl/α,β-unsaturated/α-hetero) is 5. The maximum atomic E-state index is 12.1. The first kappa shape index (κ1) is 100. The number of ether oxygens (including phenoxy) is 1. The number of aryl methyl sites for hydroxylation is 5. The number of carbonyl (C=O) groups is 5. The molecule has 5 aliphatic rings. The summed E-state index contributed by atoms with van der Waals surface area (Å²) >= 11 is 23.7. The molecule has 5 atom stereocenters. The smallest absolute Gasteiger partial charge is 0.163 e. The molecule has 18 rings (SSSR count). The third-order valence-corrected chi connectivity index (χ3v) is 29.2. The highest BCUT2D eigenvalue weighted by molar-refractivity contribution is 7.16. The minimum atomic E-state index is -0.441. The van der Waals surface area contributed by atoms with Crippen LogP contribution in [0.2, 0.25) is 15.1 Å². The van der Waals surface area contributed by atoms with Crippen LogP contribution in [-0.2, 0) is 45.6 Å². The Morgan fingerprint density at radius 1 is 0.346 bits per heavy atom.